The van der Waals surface area contributed by atoms with Crippen molar-refractivity contribution in [1.29, 1.82) is 0 Å². The average Bonchev–Trinajstić information content (AvgIpc) is 2.08. The largest absolute Gasteiger partial charge is 0.480 e. The van der Waals surface area contributed by atoms with Crippen LogP contribution in [0.1, 0.15) is 33.6 Å². The summed E-state index contributed by atoms with van der Waals surface area (Å²) in [4.78, 5) is 21.5. The van der Waals surface area contributed by atoms with Gasteiger partial charge in [0.15, 0.2) is 0 Å². The molecule has 0 heterocycles. The summed E-state index contributed by atoms with van der Waals surface area (Å²) in [7, 11) is 0. The minimum absolute atomic E-state index is 0. The van der Waals surface area contributed by atoms with Crippen molar-refractivity contribution in [3.63, 3.8) is 0 Å². The van der Waals surface area contributed by atoms with Crippen molar-refractivity contribution in [1.82, 2.24) is 5.32 Å². The summed E-state index contributed by atoms with van der Waals surface area (Å²) in [6.07, 6.45) is 0.328. The van der Waals surface area contributed by atoms with Crippen LogP contribution < -0.4 is 11.1 Å². The lowest BCUT2D eigenvalue weighted by Crippen LogP contribution is -2.34. The standard InChI is InChI=1S/C10H20N2O4.H2O/c1-10(2,3)16-9(15)12-6-4-5-7(11)8(13)14;/h7H,4-6,11H2,1-3H3,(H,12,15)(H,13,14);1H2/t7-;/m0./s1. The number of nitrogens with one attached hydrogen (secondary N) is 1. The molecule has 6 N–H and O–H groups in total. The van der Waals surface area contributed by atoms with Gasteiger partial charge in [0.25, 0.3) is 0 Å². The van der Waals surface area contributed by atoms with E-state index >= 15 is 0 Å². The fraction of sp³-hybridized carbons (Fsp3) is 0.800. The summed E-state index contributed by atoms with van der Waals surface area (Å²) < 4.78 is 4.99. The molecule has 0 saturated carbocycles. The first-order chi connectivity index (χ1) is 7.22. The molecule has 0 aliphatic heterocycles. The smallest absolute Gasteiger partial charge is 0.407 e. The van der Waals surface area contributed by atoms with E-state index in [2.05, 4.69) is 5.32 Å². The molecule has 0 spiro atoms. The van der Waals surface area contributed by atoms with Crippen molar-refractivity contribution < 1.29 is 24.9 Å². The highest BCUT2D eigenvalue weighted by molar-refractivity contribution is 5.73. The van der Waals surface area contributed by atoms with Crippen LogP contribution in [-0.2, 0) is 9.53 Å². The maximum atomic E-state index is 11.2. The van der Waals surface area contributed by atoms with Gasteiger partial charge < -0.3 is 26.4 Å². The van der Waals surface area contributed by atoms with E-state index < -0.39 is 23.7 Å². The number of nitrogens with two attached hydrogens (primary N) is 1. The fourth-order valence-electron chi connectivity index (χ4n) is 0.950. The molecule has 0 radical (unpaired) electrons. The molecule has 7 heteroatoms. The van der Waals surface area contributed by atoms with E-state index in [0.29, 0.717) is 19.4 Å². The molecule has 1 amide bonds. The zero-order chi connectivity index (χ0) is 12.8. The van der Waals surface area contributed by atoms with Crippen LogP contribution in [0.5, 0.6) is 0 Å². The van der Waals surface area contributed by atoms with E-state index in [1.165, 1.54) is 0 Å². The van der Waals surface area contributed by atoms with E-state index in [4.69, 9.17) is 15.6 Å². The number of amides is 1. The number of carbonyl (C=O) groups excluding carboxylic acids is 1. The summed E-state index contributed by atoms with van der Waals surface area (Å²) in [6.45, 7) is 5.67. The molecule has 0 unspecified atom stereocenters. The Morgan fingerprint density at radius 2 is 1.94 bits per heavy atom. The Labute approximate surface area is 101 Å². The Morgan fingerprint density at radius 3 is 2.35 bits per heavy atom. The molecule has 1 atom stereocenters. The van der Waals surface area contributed by atoms with Gasteiger partial charge >= 0.3 is 12.1 Å². The van der Waals surface area contributed by atoms with Crippen LogP contribution in [0.2, 0.25) is 0 Å². The summed E-state index contributed by atoms with van der Waals surface area (Å²) in [5.74, 6) is -1.03. The number of carbonyl (C=O) groups is 2. The summed E-state index contributed by atoms with van der Waals surface area (Å²) >= 11 is 0. The Morgan fingerprint density at radius 1 is 1.41 bits per heavy atom. The fourth-order valence-corrected chi connectivity index (χ4v) is 0.950. The number of ether oxygens (including phenoxy) is 1. The van der Waals surface area contributed by atoms with Crippen LogP contribution in [-0.4, -0.2) is 40.8 Å². The third-order valence-electron chi connectivity index (χ3n) is 1.68. The topological polar surface area (TPSA) is 133 Å². The predicted molar refractivity (Wildman–Crippen MR) is 62.7 cm³/mol. The predicted octanol–water partition coefficient (Wildman–Crippen LogP) is -0.121. The number of aliphatic carboxylic acids is 1. The minimum Gasteiger partial charge on any atom is -0.480 e. The maximum absolute atomic E-state index is 11.2. The third-order valence-corrected chi connectivity index (χ3v) is 1.68. The van der Waals surface area contributed by atoms with Crippen molar-refractivity contribution in [3.8, 4) is 0 Å². The van der Waals surface area contributed by atoms with Crippen LogP contribution in [0.3, 0.4) is 0 Å². The molecule has 0 aliphatic rings. The van der Waals surface area contributed by atoms with Gasteiger partial charge in [0.2, 0.25) is 0 Å². The normalized spacial score (nSPS) is 12.2. The van der Waals surface area contributed by atoms with Gasteiger partial charge in [-0.1, -0.05) is 0 Å². The van der Waals surface area contributed by atoms with Gasteiger partial charge in [-0.2, -0.15) is 0 Å². The molecule has 0 fully saturated rings. The highest BCUT2D eigenvalue weighted by atomic mass is 16.6. The molecule has 17 heavy (non-hydrogen) atoms. The summed E-state index contributed by atoms with van der Waals surface area (Å²) in [5.41, 5.74) is 4.77. The van der Waals surface area contributed by atoms with Crippen LogP contribution >= 0.6 is 0 Å². The molecular formula is C10H22N2O5. The maximum Gasteiger partial charge on any atom is 0.407 e. The Hall–Kier alpha value is -1.34. The molecule has 0 bridgehead atoms. The second-order valence-corrected chi connectivity index (χ2v) is 4.52. The van der Waals surface area contributed by atoms with Crippen molar-refractivity contribution in [2.75, 3.05) is 6.54 Å². The van der Waals surface area contributed by atoms with Crippen molar-refractivity contribution >= 4 is 12.1 Å². The number of rotatable bonds is 5. The van der Waals surface area contributed by atoms with Crippen LogP contribution in [0, 0.1) is 0 Å². The van der Waals surface area contributed by atoms with E-state index in [1.54, 1.807) is 20.8 Å². The number of carboxylic acid groups (broad SMARTS) is 1. The van der Waals surface area contributed by atoms with Gasteiger partial charge in [-0.25, -0.2) is 4.79 Å². The van der Waals surface area contributed by atoms with Gasteiger partial charge in [0.1, 0.15) is 11.6 Å². The molecule has 0 aromatic rings. The van der Waals surface area contributed by atoms with Crippen LogP contribution in [0.15, 0.2) is 0 Å². The third kappa shape index (κ3) is 10.9. The van der Waals surface area contributed by atoms with E-state index in [9.17, 15) is 9.59 Å². The molecule has 0 aromatic carbocycles. The van der Waals surface area contributed by atoms with E-state index in [1.807, 2.05) is 0 Å². The van der Waals surface area contributed by atoms with Gasteiger partial charge in [0.05, 0.1) is 0 Å². The highest BCUT2D eigenvalue weighted by Gasteiger charge is 2.16. The van der Waals surface area contributed by atoms with Crippen LogP contribution in [0.25, 0.3) is 0 Å². The Bertz CT molecular complexity index is 250. The lowest BCUT2D eigenvalue weighted by molar-refractivity contribution is -0.138. The molecule has 102 valence electrons. The Balaban J connectivity index is 0. The Kier molecular flexibility index (Phi) is 8.34. The zero-order valence-corrected chi connectivity index (χ0v) is 10.4. The molecule has 0 rings (SSSR count). The zero-order valence-electron chi connectivity index (χ0n) is 10.4. The van der Waals surface area contributed by atoms with Gasteiger partial charge in [-0.3, -0.25) is 4.79 Å². The molecule has 7 nitrogen and oxygen atoms in total. The van der Waals surface area contributed by atoms with E-state index in [0.717, 1.165) is 0 Å². The van der Waals surface area contributed by atoms with Gasteiger partial charge in [-0.05, 0) is 33.6 Å². The first-order valence-electron chi connectivity index (χ1n) is 5.17. The second kappa shape index (κ2) is 7.86. The van der Waals surface area contributed by atoms with Crippen molar-refractivity contribution in [2.24, 2.45) is 5.73 Å². The highest BCUT2D eigenvalue weighted by Crippen LogP contribution is 2.06. The number of carboxylic acids is 1. The minimum atomic E-state index is -1.03. The molecule has 0 saturated heterocycles. The monoisotopic (exact) mass is 250 g/mol. The summed E-state index contributed by atoms with van der Waals surface area (Å²) in [5, 5.41) is 11.0. The summed E-state index contributed by atoms with van der Waals surface area (Å²) in [6, 6.07) is -0.875. The average molecular weight is 250 g/mol. The first kappa shape index (κ1) is 18.0. The van der Waals surface area contributed by atoms with Gasteiger partial charge in [-0.15, -0.1) is 0 Å². The molecular weight excluding hydrogens is 228 g/mol. The molecule has 0 aliphatic carbocycles. The quantitative estimate of drug-likeness (QED) is 0.585. The number of hydrogen-bond acceptors (Lipinski definition) is 4. The second-order valence-electron chi connectivity index (χ2n) is 4.52. The van der Waals surface area contributed by atoms with Crippen LogP contribution in [0.4, 0.5) is 4.79 Å². The van der Waals surface area contributed by atoms with E-state index in [-0.39, 0.29) is 5.48 Å². The number of alkyl carbamates (subject to hydrolysis) is 1. The lowest BCUT2D eigenvalue weighted by Gasteiger charge is -2.19. The first-order valence-corrected chi connectivity index (χ1v) is 5.17. The molecule has 0 aromatic heterocycles. The lowest BCUT2D eigenvalue weighted by atomic mass is 10.2. The van der Waals surface area contributed by atoms with Gasteiger partial charge in [0, 0.05) is 6.54 Å². The number of hydrogen-bond donors (Lipinski definition) is 3. The van der Waals surface area contributed by atoms with Crippen molar-refractivity contribution in [2.45, 2.75) is 45.3 Å². The SMILES string of the molecule is CC(C)(C)OC(=O)NCCC[C@H](N)C(=O)O.O. The van der Waals surface area contributed by atoms with Crippen molar-refractivity contribution in [3.05, 3.63) is 0 Å².